The van der Waals surface area contributed by atoms with E-state index in [1.54, 1.807) is 43.5 Å². The Bertz CT molecular complexity index is 535. The zero-order valence-electron chi connectivity index (χ0n) is 10.7. The van der Waals surface area contributed by atoms with Crippen molar-refractivity contribution in [2.75, 3.05) is 18.6 Å². The average molecular weight is 278 g/mol. The van der Waals surface area contributed by atoms with Gasteiger partial charge in [-0.3, -0.25) is 0 Å². The number of esters is 1. The van der Waals surface area contributed by atoms with E-state index in [-0.39, 0.29) is 17.3 Å². The minimum Gasteiger partial charge on any atom is -0.462 e. The van der Waals surface area contributed by atoms with Crippen LogP contribution in [0.25, 0.3) is 0 Å². The number of hydrogen-bond acceptors (Lipinski definition) is 6. The Morgan fingerprint density at radius 3 is 2.79 bits per heavy atom. The van der Waals surface area contributed by atoms with Gasteiger partial charge in [-0.1, -0.05) is 17.8 Å². The minimum atomic E-state index is -0.696. The molecular formula is C13H14N2O3S. The van der Waals surface area contributed by atoms with Crippen LogP contribution in [0.5, 0.6) is 5.75 Å². The zero-order valence-corrected chi connectivity index (χ0v) is 11.5. The fraction of sp³-hybridized carbons (Fsp3) is 0.231. The van der Waals surface area contributed by atoms with Crippen molar-refractivity contribution in [3.63, 3.8) is 0 Å². The molecule has 0 atom stereocenters. The van der Waals surface area contributed by atoms with Gasteiger partial charge in [-0.15, -0.1) is 0 Å². The summed E-state index contributed by atoms with van der Waals surface area (Å²) in [5, 5.41) is 9.22. The third kappa shape index (κ3) is 4.23. The number of carbonyl (C=O) groups is 1. The van der Waals surface area contributed by atoms with Crippen LogP contribution < -0.4 is 10.5 Å². The summed E-state index contributed by atoms with van der Waals surface area (Å²) in [6.45, 7) is 1.87. The Morgan fingerprint density at radius 2 is 2.26 bits per heavy atom. The molecule has 0 saturated carbocycles. The molecule has 0 aliphatic carbocycles. The summed E-state index contributed by atoms with van der Waals surface area (Å²) in [5.41, 5.74) is 6.01. The van der Waals surface area contributed by atoms with Gasteiger partial charge in [0.1, 0.15) is 11.8 Å². The van der Waals surface area contributed by atoms with E-state index in [0.717, 1.165) is 11.8 Å². The highest BCUT2D eigenvalue weighted by Crippen LogP contribution is 2.24. The fourth-order valence-corrected chi connectivity index (χ4v) is 1.77. The lowest BCUT2D eigenvalue weighted by Crippen LogP contribution is -2.10. The normalized spacial score (nSPS) is 11.2. The average Bonchev–Trinajstić information content (AvgIpc) is 2.38. The number of carbonyl (C=O) groups excluding carboxylic acids is 1. The van der Waals surface area contributed by atoms with Crippen LogP contribution in [0.1, 0.15) is 6.92 Å². The van der Waals surface area contributed by atoms with Crippen molar-refractivity contribution in [1.29, 1.82) is 5.26 Å². The number of benzene rings is 1. The summed E-state index contributed by atoms with van der Waals surface area (Å²) in [6, 6.07) is 8.53. The highest BCUT2D eigenvalue weighted by molar-refractivity contribution is 8.02. The molecule has 0 spiro atoms. The highest BCUT2D eigenvalue weighted by atomic mass is 32.2. The summed E-state index contributed by atoms with van der Waals surface area (Å²) < 4.78 is 10.3. The number of anilines is 1. The van der Waals surface area contributed by atoms with Gasteiger partial charge in [0.2, 0.25) is 0 Å². The first-order valence-corrected chi connectivity index (χ1v) is 6.73. The van der Waals surface area contributed by atoms with E-state index in [1.165, 1.54) is 0 Å². The number of nitrogens with zero attached hydrogens (tertiary/aromatic N) is 1. The van der Waals surface area contributed by atoms with Crippen LogP contribution in [-0.2, 0) is 9.53 Å². The third-order valence-electron chi connectivity index (χ3n) is 2.05. The lowest BCUT2D eigenvalue weighted by atomic mass is 10.3. The number of nitrogen functional groups attached to an aromatic ring is 1. The second-order valence-electron chi connectivity index (χ2n) is 3.37. The maximum absolute atomic E-state index is 11.6. The molecule has 0 bridgehead atoms. The molecule has 0 fully saturated rings. The lowest BCUT2D eigenvalue weighted by molar-refractivity contribution is -0.138. The maximum Gasteiger partial charge on any atom is 0.353 e. The summed E-state index contributed by atoms with van der Waals surface area (Å²) in [5.74, 6) is -0.236. The third-order valence-corrected chi connectivity index (χ3v) is 2.71. The van der Waals surface area contributed by atoms with Gasteiger partial charge >= 0.3 is 5.97 Å². The van der Waals surface area contributed by atoms with Crippen molar-refractivity contribution in [3.05, 3.63) is 34.9 Å². The molecule has 5 nitrogen and oxygen atoms in total. The van der Waals surface area contributed by atoms with Crippen LogP contribution >= 0.6 is 11.8 Å². The van der Waals surface area contributed by atoms with Crippen LogP contribution in [0, 0.1) is 11.3 Å². The second kappa shape index (κ2) is 7.34. The van der Waals surface area contributed by atoms with Crippen molar-refractivity contribution >= 4 is 23.4 Å². The molecule has 1 rings (SSSR count). The Hall–Kier alpha value is -2.13. The monoisotopic (exact) mass is 278 g/mol. The van der Waals surface area contributed by atoms with Gasteiger partial charge in [0, 0.05) is 11.8 Å². The molecule has 0 aliphatic heterocycles. The molecule has 0 heterocycles. The Kier molecular flexibility index (Phi) is 5.76. The first-order valence-electron chi connectivity index (χ1n) is 5.51. The summed E-state index contributed by atoms with van der Waals surface area (Å²) in [7, 11) is 0. The quantitative estimate of drug-likeness (QED) is 0.292. The molecule has 6 heteroatoms. The Morgan fingerprint density at radius 1 is 1.53 bits per heavy atom. The molecular weight excluding hydrogens is 264 g/mol. The number of ether oxygens (including phenoxy) is 2. The molecule has 0 aliphatic rings. The summed E-state index contributed by atoms with van der Waals surface area (Å²) in [6.07, 6.45) is 1.71. The molecule has 1 aromatic carbocycles. The van der Waals surface area contributed by atoms with Crippen molar-refractivity contribution in [3.8, 4) is 11.8 Å². The number of thioether (sulfide) groups is 1. The smallest absolute Gasteiger partial charge is 0.353 e. The molecule has 1 aromatic rings. The second-order valence-corrected chi connectivity index (χ2v) is 4.15. The van der Waals surface area contributed by atoms with E-state index in [0.29, 0.717) is 11.4 Å². The topological polar surface area (TPSA) is 85.3 Å². The van der Waals surface area contributed by atoms with Gasteiger partial charge in [-0.2, -0.15) is 5.26 Å². The van der Waals surface area contributed by atoms with E-state index in [4.69, 9.17) is 20.5 Å². The first-order chi connectivity index (χ1) is 9.12. The highest BCUT2D eigenvalue weighted by Gasteiger charge is 2.18. The molecule has 0 aromatic heterocycles. The van der Waals surface area contributed by atoms with E-state index in [1.807, 2.05) is 0 Å². The van der Waals surface area contributed by atoms with Gasteiger partial charge in [0.25, 0.3) is 0 Å². The fourth-order valence-electron chi connectivity index (χ4n) is 1.26. The lowest BCUT2D eigenvalue weighted by Gasteiger charge is -2.10. The van der Waals surface area contributed by atoms with Crippen molar-refractivity contribution in [1.82, 2.24) is 0 Å². The van der Waals surface area contributed by atoms with E-state index in [9.17, 15) is 4.79 Å². The molecule has 0 radical (unpaired) electrons. The number of hydrogen-bond donors (Lipinski definition) is 1. The Balaban J connectivity index is 3.04. The van der Waals surface area contributed by atoms with Gasteiger partial charge < -0.3 is 15.2 Å². The van der Waals surface area contributed by atoms with Gasteiger partial charge in [0.05, 0.1) is 6.61 Å². The largest absolute Gasteiger partial charge is 0.462 e. The van der Waals surface area contributed by atoms with Crippen molar-refractivity contribution in [2.45, 2.75) is 6.92 Å². The van der Waals surface area contributed by atoms with Crippen LogP contribution in [0.15, 0.2) is 34.9 Å². The molecule has 0 saturated heterocycles. The number of nitrogens with two attached hydrogens (primary N) is 1. The standard InChI is InChI=1S/C13H14N2O3S/c1-3-17-12(16)11(8-14)13(19-2)18-10-6-4-5-9(15)7-10/h4-7H,3,15H2,1-2H3/b13-11-. The van der Waals surface area contributed by atoms with Gasteiger partial charge in [-0.25, -0.2) is 4.79 Å². The molecule has 19 heavy (non-hydrogen) atoms. The van der Waals surface area contributed by atoms with Crippen LogP contribution in [-0.4, -0.2) is 18.8 Å². The van der Waals surface area contributed by atoms with Gasteiger partial charge in [0.15, 0.2) is 10.7 Å². The number of rotatable bonds is 5. The van der Waals surface area contributed by atoms with Crippen LogP contribution in [0.2, 0.25) is 0 Å². The van der Waals surface area contributed by atoms with Crippen LogP contribution in [0.3, 0.4) is 0 Å². The molecule has 100 valence electrons. The minimum absolute atomic E-state index is 0.156. The predicted octanol–water partition coefficient (Wildman–Crippen LogP) is 2.31. The summed E-state index contributed by atoms with van der Waals surface area (Å²) >= 11 is 1.15. The number of nitriles is 1. The molecule has 0 unspecified atom stereocenters. The van der Waals surface area contributed by atoms with E-state index in [2.05, 4.69) is 0 Å². The zero-order chi connectivity index (χ0) is 14.3. The molecule has 0 amide bonds. The van der Waals surface area contributed by atoms with Crippen molar-refractivity contribution < 1.29 is 14.3 Å². The maximum atomic E-state index is 11.6. The van der Waals surface area contributed by atoms with Crippen LogP contribution in [0.4, 0.5) is 5.69 Å². The van der Waals surface area contributed by atoms with Crippen molar-refractivity contribution in [2.24, 2.45) is 0 Å². The van der Waals surface area contributed by atoms with E-state index < -0.39 is 5.97 Å². The summed E-state index contributed by atoms with van der Waals surface area (Å²) in [4.78, 5) is 11.6. The van der Waals surface area contributed by atoms with Gasteiger partial charge in [-0.05, 0) is 25.3 Å². The van der Waals surface area contributed by atoms with E-state index >= 15 is 0 Å². The SMILES string of the molecule is CCOC(=O)/C(C#N)=C(/Oc1cccc(N)c1)SC. The molecule has 2 N–H and O–H groups in total. The predicted molar refractivity (Wildman–Crippen MR) is 74.3 cm³/mol. The first kappa shape index (κ1) is 14.9. The Labute approximate surface area is 116 Å².